The summed E-state index contributed by atoms with van der Waals surface area (Å²) < 4.78 is 0. The van der Waals surface area contributed by atoms with Crippen molar-refractivity contribution in [2.75, 3.05) is 38.7 Å². The van der Waals surface area contributed by atoms with Crippen LogP contribution in [0.3, 0.4) is 0 Å². The van der Waals surface area contributed by atoms with Gasteiger partial charge in [-0.1, -0.05) is 19.1 Å². The summed E-state index contributed by atoms with van der Waals surface area (Å²) in [6, 6.07) is 8.38. The van der Waals surface area contributed by atoms with Crippen LogP contribution in [0.15, 0.2) is 24.3 Å². The number of benzene rings is 1. The highest BCUT2D eigenvalue weighted by atomic mass is 16.3. The van der Waals surface area contributed by atoms with Gasteiger partial charge in [-0.05, 0) is 24.2 Å². The SMILES string of the molecule is CCN(Cc1ccc(N(C)C)cc1)CC(O)CO. The summed E-state index contributed by atoms with van der Waals surface area (Å²) in [5.74, 6) is 0. The Bertz CT molecular complexity index is 338. The molecule has 1 rings (SSSR count). The van der Waals surface area contributed by atoms with Gasteiger partial charge in [-0.3, -0.25) is 4.90 Å². The Morgan fingerprint density at radius 2 is 1.78 bits per heavy atom. The second kappa shape index (κ2) is 7.36. The van der Waals surface area contributed by atoms with E-state index in [2.05, 4.69) is 41.0 Å². The molecule has 1 unspecified atom stereocenters. The van der Waals surface area contributed by atoms with Crippen LogP contribution >= 0.6 is 0 Å². The second-order valence-electron chi connectivity index (χ2n) is 4.73. The van der Waals surface area contributed by atoms with Gasteiger partial charge in [0.1, 0.15) is 0 Å². The highest BCUT2D eigenvalue weighted by molar-refractivity contribution is 5.45. The molecule has 0 saturated carbocycles. The van der Waals surface area contributed by atoms with Gasteiger partial charge in [0.05, 0.1) is 12.7 Å². The lowest BCUT2D eigenvalue weighted by atomic mass is 10.2. The minimum Gasteiger partial charge on any atom is -0.394 e. The number of hydrogen-bond donors (Lipinski definition) is 2. The molecule has 2 N–H and O–H groups in total. The van der Waals surface area contributed by atoms with Gasteiger partial charge in [0, 0.05) is 32.9 Å². The molecule has 0 aliphatic carbocycles. The van der Waals surface area contributed by atoms with Gasteiger partial charge in [-0.15, -0.1) is 0 Å². The van der Waals surface area contributed by atoms with Crippen molar-refractivity contribution in [2.45, 2.75) is 19.6 Å². The summed E-state index contributed by atoms with van der Waals surface area (Å²) >= 11 is 0. The molecular weight excluding hydrogens is 228 g/mol. The Hall–Kier alpha value is -1.10. The molecule has 0 aliphatic rings. The molecule has 0 bridgehead atoms. The predicted molar refractivity (Wildman–Crippen MR) is 74.8 cm³/mol. The van der Waals surface area contributed by atoms with Crippen molar-refractivity contribution >= 4 is 5.69 Å². The van der Waals surface area contributed by atoms with Gasteiger partial charge in [0.15, 0.2) is 0 Å². The van der Waals surface area contributed by atoms with E-state index in [1.165, 1.54) is 11.3 Å². The maximum atomic E-state index is 9.46. The summed E-state index contributed by atoms with van der Waals surface area (Å²) in [6.07, 6.45) is -0.661. The molecule has 102 valence electrons. The van der Waals surface area contributed by atoms with Crippen LogP contribution < -0.4 is 4.90 Å². The van der Waals surface area contributed by atoms with Crippen LogP contribution in [0.25, 0.3) is 0 Å². The zero-order chi connectivity index (χ0) is 13.5. The first-order chi connectivity index (χ1) is 8.56. The van der Waals surface area contributed by atoms with Gasteiger partial charge >= 0.3 is 0 Å². The van der Waals surface area contributed by atoms with E-state index in [1.54, 1.807) is 0 Å². The average Bonchev–Trinajstić information content (AvgIpc) is 2.38. The summed E-state index contributed by atoms with van der Waals surface area (Å²) in [6.45, 7) is 4.02. The fourth-order valence-electron chi connectivity index (χ4n) is 1.82. The van der Waals surface area contributed by atoms with Gasteiger partial charge in [0.25, 0.3) is 0 Å². The highest BCUT2D eigenvalue weighted by Gasteiger charge is 2.09. The van der Waals surface area contributed by atoms with Crippen molar-refractivity contribution in [3.8, 4) is 0 Å². The lowest BCUT2D eigenvalue weighted by Gasteiger charge is -2.23. The largest absolute Gasteiger partial charge is 0.394 e. The zero-order valence-corrected chi connectivity index (χ0v) is 11.5. The van der Waals surface area contributed by atoms with E-state index in [0.717, 1.165) is 13.1 Å². The fraction of sp³-hybridized carbons (Fsp3) is 0.571. The smallest absolute Gasteiger partial charge is 0.0897 e. The number of aliphatic hydroxyl groups is 2. The first kappa shape index (κ1) is 15.0. The molecule has 0 aliphatic heterocycles. The van der Waals surface area contributed by atoms with Crippen LogP contribution in [0.4, 0.5) is 5.69 Å². The maximum Gasteiger partial charge on any atom is 0.0897 e. The van der Waals surface area contributed by atoms with Crippen LogP contribution in [0.1, 0.15) is 12.5 Å². The molecule has 4 nitrogen and oxygen atoms in total. The number of nitrogens with zero attached hydrogens (tertiary/aromatic N) is 2. The third kappa shape index (κ3) is 4.64. The van der Waals surface area contributed by atoms with Gasteiger partial charge in [0.2, 0.25) is 0 Å². The van der Waals surface area contributed by atoms with Crippen LogP contribution in [0, 0.1) is 0 Å². The van der Waals surface area contributed by atoms with Gasteiger partial charge in [-0.2, -0.15) is 0 Å². The van der Waals surface area contributed by atoms with Crippen LogP contribution in [0.5, 0.6) is 0 Å². The summed E-state index contributed by atoms with van der Waals surface area (Å²) in [5, 5.41) is 18.3. The quantitative estimate of drug-likeness (QED) is 0.758. The lowest BCUT2D eigenvalue weighted by Crippen LogP contribution is -2.33. The highest BCUT2D eigenvalue weighted by Crippen LogP contribution is 2.13. The third-order valence-electron chi connectivity index (χ3n) is 2.99. The maximum absolute atomic E-state index is 9.46. The van der Waals surface area contributed by atoms with E-state index in [1.807, 2.05) is 14.1 Å². The van der Waals surface area contributed by atoms with Crippen molar-refractivity contribution in [3.05, 3.63) is 29.8 Å². The first-order valence-corrected chi connectivity index (χ1v) is 6.34. The van der Waals surface area contributed by atoms with Gasteiger partial charge < -0.3 is 15.1 Å². The Kier molecular flexibility index (Phi) is 6.12. The monoisotopic (exact) mass is 252 g/mol. The molecule has 0 saturated heterocycles. The summed E-state index contributed by atoms with van der Waals surface area (Å²) in [4.78, 5) is 4.18. The minimum absolute atomic E-state index is 0.184. The molecule has 1 atom stereocenters. The van der Waals surface area contributed by atoms with E-state index in [0.29, 0.717) is 6.54 Å². The molecule has 0 amide bonds. The predicted octanol–water partition coefficient (Wildman–Crippen LogP) is 0.928. The molecule has 0 heterocycles. The van der Waals surface area contributed by atoms with Crippen molar-refractivity contribution in [1.82, 2.24) is 4.90 Å². The molecule has 18 heavy (non-hydrogen) atoms. The molecule has 0 radical (unpaired) electrons. The number of aliphatic hydroxyl groups excluding tert-OH is 2. The van der Waals surface area contributed by atoms with Crippen LogP contribution in [-0.4, -0.2) is 55.0 Å². The Balaban J connectivity index is 2.59. The number of anilines is 1. The lowest BCUT2D eigenvalue weighted by molar-refractivity contribution is 0.0584. The molecule has 0 fully saturated rings. The fourth-order valence-corrected chi connectivity index (χ4v) is 1.82. The number of rotatable bonds is 7. The van der Waals surface area contributed by atoms with Crippen molar-refractivity contribution in [2.24, 2.45) is 0 Å². The van der Waals surface area contributed by atoms with Crippen molar-refractivity contribution in [3.63, 3.8) is 0 Å². The molecule has 0 spiro atoms. The minimum atomic E-state index is -0.661. The van der Waals surface area contributed by atoms with Crippen LogP contribution in [-0.2, 0) is 6.54 Å². The summed E-state index contributed by atoms with van der Waals surface area (Å²) in [5.41, 5.74) is 2.39. The van der Waals surface area contributed by atoms with E-state index in [4.69, 9.17) is 5.11 Å². The Labute approximate surface area is 109 Å². The zero-order valence-electron chi connectivity index (χ0n) is 11.5. The third-order valence-corrected chi connectivity index (χ3v) is 2.99. The molecule has 4 heteroatoms. The van der Waals surface area contributed by atoms with Crippen molar-refractivity contribution < 1.29 is 10.2 Å². The molecule has 0 aromatic heterocycles. The second-order valence-corrected chi connectivity index (χ2v) is 4.73. The average molecular weight is 252 g/mol. The number of likely N-dealkylation sites (N-methyl/N-ethyl adjacent to an activating group) is 1. The first-order valence-electron chi connectivity index (χ1n) is 6.34. The molecule has 1 aromatic rings. The topological polar surface area (TPSA) is 46.9 Å². The molecular formula is C14H24N2O2. The normalized spacial score (nSPS) is 12.8. The standard InChI is InChI=1S/C14H24N2O2/c1-4-16(10-14(18)11-17)9-12-5-7-13(8-6-12)15(2)3/h5-8,14,17-18H,4,9-11H2,1-3H3. The Morgan fingerprint density at radius 1 is 1.17 bits per heavy atom. The van der Waals surface area contributed by atoms with Crippen molar-refractivity contribution in [1.29, 1.82) is 0 Å². The molecule has 1 aromatic carbocycles. The van der Waals surface area contributed by atoms with Gasteiger partial charge in [-0.25, -0.2) is 0 Å². The van der Waals surface area contributed by atoms with E-state index >= 15 is 0 Å². The van der Waals surface area contributed by atoms with Crippen LogP contribution in [0.2, 0.25) is 0 Å². The Morgan fingerprint density at radius 3 is 2.22 bits per heavy atom. The summed E-state index contributed by atoms with van der Waals surface area (Å²) in [7, 11) is 4.04. The number of hydrogen-bond acceptors (Lipinski definition) is 4. The van der Waals surface area contributed by atoms with E-state index in [9.17, 15) is 5.11 Å². The van der Waals surface area contributed by atoms with E-state index < -0.39 is 6.10 Å². The van der Waals surface area contributed by atoms with E-state index in [-0.39, 0.29) is 6.61 Å².